The first-order chi connectivity index (χ1) is 12.3. The number of hydrogen-bond donors (Lipinski definition) is 1. The Kier molecular flexibility index (Phi) is 6.62. The van der Waals surface area contributed by atoms with E-state index in [9.17, 15) is 24.1 Å². The fraction of sp³-hybridized carbons (Fsp3) is 0.176. The molecule has 1 amide bonds. The van der Waals surface area contributed by atoms with Gasteiger partial charge in [0.15, 0.2) is 6.61 Å². The number of ether oxygens (including phenoxy) is 1. The predicted octanol–water partition coefficient (Wildman–Crippen LogP) is 3.50. The van der Waals surface area contributed by atoms with Crippen LogP contribution < -0.4 is 5.32 Å². The first kappa shape index (κ1) is 19.3. The number of benzene rings is 2. The van der Waals surface area contributed by atoms with E-state index in [2.05, 4.69) is 5.32 Å². The largest absolute Gasteiger partial charge is 0.456 e. The predicted molar refractivity (Wildman–Crippen MR) is 92.4 cm³/mol. The smallest absolute Gasteiger partial charge is 0.306 e. The summed E-state index contributed by atoms with van der Waals surface area (Å²) in [7, 11) is 0. The zero-order valence-corrected chi connectivity index (χ0v) is 14.2. The second-order valence-corrected chi connectivity index (χ2v) is 5.69. The van der Waals surface area contributed by atoms with Crippen molar-refractivity contribution in [1.29, 1.82) is 0 Å². The summed E-state index contributed by atoms with van der Waals surface area (Å²) < 4.78 is 17.6. The highest BCUT2D eigenvalue weighted by atomic mass is 35.5. The van der Waals surface area contributed by atoms with E-state index in [4.69, 9.17) is 16.3 Å². The molecule has 0 radical (unpaired) electrons. The van der Waals surface area contributed by atoms with Crippen LogP contribution in [-0.2, 0) is 20.7 Å². The monoisotopic (exact) mass is 380 g/mol. The summed E-state index contributed by atoms with van der Waals surface area (Å²) in [5, 5.41) is 13.4. The van der Waals surface area contributed by atoms with Gasteiger partial charge in [-0.3, -0.25) is 19.7 Å². The van der Waals surface area contributed by atoms with E-state index in [1.54, 1.807) is 12.1 Å². The summed E-state index contributed by atoms with van der Waals surface area (Å²) in [6.07, 6.45) is 0.351. The number of carbonyl (C=O) groups excluding carboxylic acids is 2. The lowest BCUT2D eigenvalue weighted by atomic mass is 10.1. The van der Waals surface area contributed by atoms with E-state index >= 15 is 0 Å². The van der Waals surface area contributed by atoms with Gasteiger partial charge >= 0.3 is 5.97 Å². The van der Waals surface area contributed by atoms with E-state index < -0.39 is 23.4 Å². The Balaban J connectivity index is 1.82. The maximum Gasteiger partial charge on any atom is 0.306 e. The number of anilines is 1. The number of halogens is 2. The van der Waals surface area contributed by atoms with Gasteiger partial charge in [-0.25, -0.2) is 4.39 Å². The van der Waals surface area contributed by atoms with E-state index in [-0.39, 0.29) is 28.6 Å². The summed E-state index contributed by atoms with van der Waals surface area (Å²) >= 11 is 5.69. The van der Waals surface area contributed by atoms with Gasteiger partial charge in [0, 0.05) is 17.5 Å². The Hall–Kier alpha value is -3.00. The number of nitro benzene ring substituents is 1. The summed E-state index contributed by atoms with van der Waals surface area (Å²) in [4.78, 5) is 33.7. The first-order valence-corrected chi connectivity index (χ1v) is 7.87. The summed E-state index contributed by atoms with van der Waals surface area (Å²) in [6.45, 7) is -0.581. The number of esters is 1. The molecule has 26 heavy (non-hydrogen) atoms. The first-order valence-electron chi connectivity index (χ1n) is 7.49. The van der Waals surface area contributed by atoms with Gasteiger partial charge in [-0.05, 0) is 36.2 Å². The summed E-state index contributed by atoms with van der Waals surface area (Å²) in [5.74, 6) is -1.70. The minimum Gasteiger partial charge on any atom is -0.456 e. The Morgan fingerprint density at radius 2 is 1.88 bits per heavy atom. The molecule has 2 rings (SSSR count). The molecule has 0 aromatic heterocycles. The van der Waals surface area contributed by atoms with E-state index in [1.807, 2.05) is 0 Å². The number of carbonyl (C=O) groups is 2. The van der Waals surface area contributed by atoms with Gasteiger partial charge < -0.3 is 10.1 Å². The average molecular weight is 381 g/mol. The zero-order valence-electron chi connectivity index (χ0n) is 13.4. The fourth-order valence-corrected chi connectivity index (χ4v) is 2.23. The Morgan fingerprint density at radius 1 is 1.19 bits per heavy atom. The number of aryl methyl sites for hydroxylation is 1. The van der Waals surface area contributed by atoms with Gasteiger partial charge in [-0.1, -0.05) is 23.7 Å². The van der Waals surface area contributed by atoms with Crippen LogP contribution in [-0.4, -0.2) is 23.4 Å². The lowest BCUT2D eigenvalue weighted by Gasteiger charge is -2.07. The molecule has 136 valence electrons. The number of rotatable bonds is 7. The highest BCUT2D eigenvalue weighted by Crippen LogP contribution is 2.27. The molecule has 0 saturated heterocycles. The van der Waals surface area contributed by atoms with Crippen LogP contribution in [0.15, 0.2) is 42.5 Å². The van der Waals surface area contributed by atoms with Crippen LogP contribution in [0.3, 0.4) is 0 Å². The number of nitrogens with one attached hydrogen (secondary N) is 1. The Labute approximate surface area is 152 Å². The molecule has 0 aliphatic carbocycles. The van der Waals surface area contributed by atoms with Gasteiger partial charge in [0.2, 0.25) is 0 Å². The number of nitrogens with zero attached hydrogens (tertiary/aromatic N) is 1. The molecular weight excluding hydrogens is 367 g/mol. The Morgan fingerprint density at radius 3 is 2.54 bits per heavy atom. The molecule has 0 bridgehead atoms. The van der Waals surface area contributed by atoms with E-state index in [0.717, 1.165) is 11.6 Å². The third-order valence-corrected chi connectivity index (χ3v) is 3.56. The molecule has 1 N–H and O–H groups in total. The van der Waals surface area contributed by atoms with Crippen molar-refractivity contribution < 1.29 is 23.6 Å². The molecule has 2 aromatic rings. The molecule has 0 fully saturated rings. The van der Waals surface area contributed by atoms with E-state index in [0.29, 0.717) is 6.42 Å². The van der Waals surface area contributed by atoms with Crippen LogP contribution in [0.4, 0.5) is 15.8 Å². The fourth-order valence-electron chi connectivity index (χ4n) is 2.06. The summed E-state index contributed by atoms with van der Waals surface area (Å²) in [5.41, 5.74) is 0.338. The normalized spacial score (nSPS) is 10.2. The van der Waals surface area contributed by atoms with Crippen molar-refractivity contribution in [1.82, 2.24) is 0 Å². The lowest BCUT2D eigenvalue weighted by molar-refractivity contribution is -0.383. The molecule has 0 unspecified atom stereocenters. The molecule has 0 spiro atoms. The van der Waals surface area contributed by atoms with Crippen LogP contribution in [0.1, 0.15) is 12.0 Å². The molecule has 9 heteroatoms. The highest BCUT2D eigenvalue weighted by molar-refractivity contribution is 6.31. The summed E-state index contributed by atoms with van der Waals surface area (Å²) in [6, 6.07) is 9.45. The van der Waals surface area contributed by atoms with Crippen LogP contribution in [0.5, 0.6) is 0 Å². The SMILES string of the molecule is O=C(COC(=O)CCc1ccc(F)cc1)Nc1ccc(Cl)cc1[N+](=O)[O-]. The van der Waals surface area contributed by atoms with Gasteiger partial charge in [0.25, 0.3) is 11.6 Å². The second-order valence-electron chi connectivity index (χ2n) is 5.25. The number of amides is 1. The molecule has 2 aromatic carbocycles. The molecule has 0 aliphatic heterocycles. The zero-order chi connectivity index (χ0) is 19.1. The molecule has 0 atom stereocenters. The van der Waals surface area contributed by atoms with Gasteiger partial charge in [-0.15, -0.1) is 0 Å². The highest BCUT2D eigenvalue weighted by Gasteiger charge is 2.17. The topological polar surface area (TPSA) is 98.5 Å². The Bertz CT molecular complexity index is 826. The van der Waals surface area contributed by atoms with Crippen LogP contribution >= 0.6 is 11.6 Å². The third-order valence-electron chi connectivity index (χ3n) is 3.33. The van der Waals surface area contributed by atoms with E-state index in [1.165, 1.54) is 24.3 Å². The van der Waals surface area contributed by atoms with Crippen molar-refractivity contribution in [2.75, 3.05) is 11.9 Å². The van der Waals surface area contributed by atoms with Crippen molar-refractivity contribution >= 4 is 34.9 Å². The molecule has 0 saturated carbocycles. The standard InChI is InChI=1S/C17H14ClFN2O5/c18-12-4-7-14(15(9-12)21(24)25)20-16(22)10-26-17(23)8-3-11-1-5-13(19)6-2-11/h1-2,4-7,9H,3,8,10H2,(H,20,22). The van der Waals surface area contributed by atoms with Crippen LogP contribution in [0, 0.1) is 15.9 Å². The maximum absolute atomic E-state index is 12.8. The third kappa shape index (κ3) is 5.82. The van der Waals surface area contributed by atoms with Gasteiger partial charge in [0.1, 0.15) is 11.5 Å². The van der Waals surface area contributed by atoms with Crippen molar-refractivity contribution in [2.45, 2.75) is 12.8 Å². The minimum atomic E-state index is -0.717. The minimum absolute atomic E-state index is 0.0139. The lowest BCUT2D eigenvalue weighted by Crippen LogP contribution is -2.21. The average Bonchev–Trinajstić information content (AvgIpc) is 2.61. The van der Waals surface area contributed by atoms with Crippen molar-refractivity contribution in [3.8, 4) is 0 Å². The van der Waals surface area contributed by atoms with Crippen molar-refractivity contribution in [2.24, 2.45) is 0 Å². The molecular formula is C17H14ClFN2O5. The van der Waals surface area contributed by atoms with Gasteiger partial charge in [0.05, 0.1) is 4.92 Å². The molecule has 0 heterocycles. The van der Waals surface area contributed by atoms with Crippen LogP contribution in [0.2, 0.25) is 5.02 Å². The maximum atomic E-state index is 12.8. The van der Waals surface area contributed by atoms with Crippen molar-refractivity contribution in [3.63, 3.8) is 0 Å². The van der Waals surface area contributed by atoms with Gasteiger partial charge in [-0.2, -0.15) is 0 Å². The quantitative estimate of drug-likeness (QED) is 0.450. The van der Waals surface area contributed by atoms with Crippen molar-refractivity contribution in [3.05, 3.63) is 69.0 Å². The second kappa shape index (κ2) is 8.91. The van der Waals surface area contributed by atoms with Crippen LogP contribution in [0.25, 0.3) is 0 Å². The number of nitro groups is 1. The number of hydrogen-bond acceptors (Lipinski definition) is 5. The molecule has 7 nitrogen and oxygen atoms in total. The molecule has 0 aliphatic rings.